The summed E-state index contributed by atoms with van der Waals surface area (Å²) >= 11 is 1.15. The van der Waals surface area contributed by atoms with Gasteiger partial charge in [0.05, 0.1) is 17.8 Å². The van der Waals surface area contributed by atoms with Gasteiger partial charge in [-0.3, -0.25) is 14.2 Å². The molecule has 0 bridgehead atoms. The Labute approximate surface area is 149 Å². The number of carbonyl (C=O) groups excluding carboxylic acids is 2. The van der Waals surface area contributed by atoms with Gasteiger partial charge in [0, 0.05) is 13.1 Å². The number of ether oxygens (including phenoxy) is 1. The summed E-state index contributed by atoms with van der Waals surface area (Å²) in [5.74, 6) is -0.525. The maximum Gasteiger partial charge on any atom is 0.348 e. The van der Waals surface area contributed by atoms with Gasteiger partial charge in [-0.25, -0.2) is 9.78 Å². The smallest absolute Gasteiger partial charge is 0.348 e. The highest BCUT2D eigenvalue weighted by Gasteiger charge is 2.23. The van der Waals surface area contributed by atoms with E-state index in [2.05, 4.69) is 4.98 Å². The minimum Gasteiger partial charge on any atom is -0.459 e. The number of hydrogen-bond acceptors (Lipinski definition) is 6. The molecule has 2 aromatic rings. The number of fused-ring (bicyclic) bond motifs is 1. The molecule has 2 aromatic heterocycles. The summed E-state index contributed by atoms with van der Waals surface area (Å²) in [4.78, 5) is 44.1. The molecule has 25 heavy (non-hydrogen) atoms. The Morgan fingerprint density at radius 3 is 2.64 bits per heavy atom. The molecule has 0 spiro atoms. The molecular weight excluding hydrogens is 342 g/mol. The number of aryl methyl sites for hydroxylation is 1. The molecule has 0 N–H and O–H groups in total. The van der Waals surface area contributed by atoms with E-state index in [-0.39, 0.29) is 24.1 Å². The molecule has 0 aromatic carbocycles. The van der Waals surface area contributed by atoms with Crippen LogP contribution in [0.4, 0.5) is 0 Å². The summed E-state index contributed by atoms with van der Waals surface area (Å²) < 4.78 is 6.54. The lowest BCUT2D eigenvalue weighted by molar-refractivity contribution is -0.130. The fraction of sp³-hybridized carbons (Fsp3) is 0.529. The van der Waals surface area contributed by atoms with Gasteiger partial charge in [-0.2, -0.15) is 0 Å². The Bertz CT molecular complexity index is 878. The van der Waals surface area contributed by atoms with Crippen molar-refractivity contribution in [3.8, 4) is 0 Å². The first-order valence-electron chi connectivity index (χ1n) is 8.35. The van der Waals surface area contributed by atoms with E-state index in [1.807, 2.05) is 0 Å². The molecule has 8 heteroatoms. The van der Waals surface area contributed by atoms with Crippen LogP contribution in [0.5, 0.6) is 0 Å². The zero-order valence-corrected chi connectivity index (χ0v) is 15.4. The van der Waals surface area contributed by atoms with Gasteiger partial charge in [0.1, 0.15) is 16.3 Å². The molecule has 1 aliphatic heterocycles. The average Bonchev–Trinajstić information content (AvgIpc) is 3.18. The predicted octanol–water partition coefficient (Wildman–Crippen LogP) is 1.95. The van der Waals surface area contributed by atoms with E-state index in [0.29, 0.717) is 20.7 Å². The summed E-state index contributed by atoms with van der Waals surface area (Å²) in [5, 5.41) is 0.387. The summed E-state index contributed by atoms with van der Waals surface area (Å²) in [6.07, 6.45) is 3.15. The van der Waals surface area contributed by atoms with Crippen molar-refractivity contribution in [2.75, 3.05) is 13.1 Å². The van der Waals surface area contributed by atoms with Crippen LogP contribution in [-0.2, 0) is 16.1 Å². The first kappa shape index (κ1) is 17.6. The van der Waals surface area contributed by atoms with Crippen LogP contribution in [0.15, 0.2) is 11.1 Å². The standard InChI is InChI=1S/C17H21N3O4S/c1-10(2)24-17(23)14-11(3)13-15(25-14)18-9-20(16(13)22)8-12(21)19-6-4-5-7-19/h9-10H,4-8H2,1-3H3. The van der Waals surface area contributed by atoms with Crippen LogP contribution in [0.2, 0.25) is 0 Å². The number of amides is 1. The number of carbonyl (C=O) groups is 2. The van der Waals surface area contributed by atoms with Crippen LogP contribution in [0.25, 0.3) is 10.2 Å². The van der Waals surface area contributed by atoms with E-state index in [1.54, 1.807) is 25.7 Å². The normalized spacial score (nSPS) is 14.5. The van der Waals surface area contributed by atoms with Crippen molar-refractivity contribution in [3.63, 3.8) is 0 Å². The predicted molar refractivity (Wildman–Crippen MR) is 95.0 cm³/mol. The van der Waals surface area contributed by atoms with Gasteiger partial charge in [0.25, 0.3) is 5.56 Å². The minimum absolute atomic E-state index is 0.0250. The highest BCUT2D eigenvalue weighted by atomic mass is 32.1. The molecule has 0 radical (unpaired) electrons. The highest BCUT2D eigenvalue weighted by Crippen LogP contribution is 2.27. The van der Waals surface area contributed by atoms with Gasteiger partial charge in [0.15, 0.2) is 0 Å². The number of hydrogen-bond donors (Lipinski definition) is 0. The Balaban J connectivity index is 1.94. The van der Waals surface area contributed by atoms with E-state index < -0.39 is 5.97 Å². The maximum atomic E-state index is 12.8. The molecule has 1 fully saturated rings. The Morgan fingerprint density at radius 1 is 1.32 bits per heavy atom. The third-order valence-electron chi connectivity index (χ3n) is 4.21. The van der Waals surface area contributed by atoms with Crippen molar-refractivity contribution in [1.29, 1.82) is 0 Å². The molecule has 1 amide bonds. The van der Waals surface area contributed by atoms with Crippen molar-refractivity contribution in [2.24, 2.45) is 0 Å². The number of thiophene rings is 1. The SMILES string of the molecule is Cc1c(C(=O)OC(C)C)sc2ncn(CC(=O)N3CCCC3)c(=O)c12. The van der Waals surface area contributed by atoms with Crippen molar-refractivity contribution in [2.45, 2.75) is 46.3 Å². The van der Waals surface area contributed by atoms with Crippen LogP contribution >= 0.6 is 11.3 Å². The van der Waals surface area contributed by atoms with Crippen molar-refractivity contribution in [1.82, 2.24) is 14.5 Å². The molecule has 0 unspecified atom stereocenters. The summed E-state index contributed by atoms with van der Waals surface area (Å²) in [5.41, 5.74) is 0.265. The molecule has 0 saturated carbocycles. The van der Waals surface area contributed by atoms with Gasteiger partial charge < -0.3 is 9.64 Å². The molecule has 7 nitrogen and oxygen atoms in total. The van der Waals surface area contributed by atoms with Crippen LogP contribution in [0.1, 0.15) is 41.9 Å². The number of likely N-dealkylation sites (tertiary alicyclic amines) is 1. The number of esters is 1. The molecular formula is C17H21N3O4S. The van der Waals surface area contributed by atoms with Crippen LogP contribution < -0.4 is 5.56 Å². The summed E-state index contributed by atoms with van der Waals surface area (Å²) in [6.45, 7) is 6.72. The van der Waals surface area contributed by atoms with E-state index in [1.165, 1.54) is 10.9 Å². The third-order valence-corrected chi connectivity index (χ3v) is 5.39. The van der Waals surface area contributed by atoms with Gasteiger partial charge >= 0.3 is 5.97 Å². The fourth-order valence-corrected chi connectivity index (χ4v) is 3.97. The van der Waals surface area contributed by atoms with Crippen molar-refractivity contribution >= 4 is 33.4 Å². The van der Waals surface area contributed by atoms with E-state index in [4.69, 9.17) is 4.74 Å². The second kappa shape index (κ2) is 6.95. The van der Waals surface area contributed by atoms with Gasteiger partial charge in [-0.05, 0) is 39.2 Å². The second-order valence-electron chi connectivity index (χ2n) is 6.46. The Morgan fingerprint density at radius 2 is 2.00 bits per heavy atom. The van der Waals surface area contributed by atoms with Crippen LogP contribution in [0.3, 0.4) is 0 Å². The zero-order valence-electron chi connectivity index (χ0n) is 14.6. The quantitative estimate of drug-likeness (QED) is 0.776. The average molecular weight is 363 g/mol. The van der Waals surface area contributed by atoms with Crippen molar-refractivity contribution < 1.29 is 14.3 Å². The molecule has 1 saturated heterocycles. The van der Waals surface area contributed by atoms with Crippen LogP contribution in [0, 0.1) is 6.92 Å². The monoisotopic (exact) mass is 363 g/mol. The molecule has 0 aliphatic carbocycles. The summed E-state index contributed by atoms with van der Waals surface area (Å²) in [6, 6.07) is 0. The molecule has 134 valence electrons. The van der Waals surface area contributed by atoms with Gasteiger partial charge in [-0.1, -0.05) is 0 Å². The molecule has 1 aliphatic rings. The maximum absolute atomic E-state index is 12.8. The molecule has 0 atom stereocenters. The number of rotatable bonds is 4. The first-order valence-corrected chi connectivity index (χ1v) is 9.17. The van der Waals surface area contributed by atoms with E-state index in [0.717, 1.165) is 37.3 Å². The van der Waals surface area contributed by atoms with Gasteiger partial charge in [-0.15, -0.1) is 11.3 Å². The second-order valence-corrected chi connectivity index (χ2v) is 7.45. The Hall–Kier alpha value is -2.22. The van der Waals surface area contributed by atoms with E-state index >= 15 is 0 Å². The Kier molecular flexibility index (Phi) is 4.89. The lowest BCUT2D eigenvalue weighted by atomic mass is 10.2. The van der Waals surface area contributed by atoms with Crippen molar-refractivity contribution in [3.05, 3.63) is 27.1 Å². The number of nitrogens with zero attached hydrogens (tertiary/aromatic N) is 3. The van der Waals surface area contributed by atoms with Gasteiger partial charge in [0.2, 0.25) is 5.91 Å². The first-order chi connectivity index (χ1) is 11.9. The lowest BCUT2D eigenvalue weighted by Crippen LogP contribution is -2.34. The van der Waals surface area contributed by atoms with E-state index in [9.17, 15) is 14.4 Å². The largest absolute Gasteiger partial charge is 0.459 e. The minimum atomic E-state index is -0.449. The van der Waals surface area contributed by atoms with Crippen LogP contribution in [-0.4, -0.2) is 45.5 Å². The molecule has 3 heterocycles. The number of aromatic nitrogens is 2. The topological polar surface area (TPSA) is 81.5 Å². The fourth-order valence-electron chi connectivity index (χ4n) is 2.95. The highest BCUT2D eigenvalue weighted by molar-refractivity contribution is 7.20. The molecule has 3 rings (SSSR count). The third kappa shape index (κ3) is 3.44. The zero-order chi connectivity index (χ0) is 18.1. The summed E-state index contributed by atoms with van der Waals surface area (Å²) in [7, 11) is 0. The lowest BCUT2D eigenvalue weighted by Gasteiger charge is -2.15.